The number of hydrogen-bond acceptors (Lipinski definition) is 5. The summed E-state index contributed by atoms with van der Waals surface area (Å²) in [6.07, 6.45) is 10.2. The molecule has 3 N–H and O–H groups in total. The molecule has 0 bridgehead atoms. The molecule has 134 valence electrons. The lowest BCUT2D eigenvalue weighted by Crippen LogP contribution is -2.34. The minimum Gasteiger partial charge on any atom is -0.481 e. The van der Waals surface area contributed by atoms with Gasteiger partial charge in [0.05, 0.1) is 0 Å². The molecule has 23 heavy (non-hydrogen) atoms. The SMILES string of the molecule is CCCCCCCCCCCC(=O)OC(=O)[C@H](N)CCC(=O)O. The van der Waals surface area contributed by atoms with Crippen LogP contribution in [0, 0.1) is 0 Å². The van der Waals surface area contributed by atoms with Gasteiger partial charge in [0.15, 0.2) is 0 Å². The normalized spacial score (nSPS) is 11.9. The van der Waals surface area contributed by atoms with E-state index < -0.39 is 23.9 Å². The summed E-state index contributed by atoms with van der Waals surface area (Å²) in [5.74, 6) is -2.45. The smallest absolute Gasteiger partial charge is 0.330 e. The number of carbonyl (C=O) groups is 3. The van der Waals surface area contributed by atoms with E-state index >= 15 is 0 Å². The van der Waals surface area contributed by atoms with Crippen LogP contribution in [0.3, 0.4) is 0 Å². The Hall–Kier alpha value is -1.43. The molecule has 0 aromatic heterocycles. The summed E-state index contributed by atoms with van der Waals surface area (Å²) in [6, 6.07) is -1.06. The highest BCUT2D eigenvalue weighted by Crippen LogP contribution is 2.11. The average Bonchev–Trinajstić information content (AvgIpc) is 2.50. The molecule has 0 spiro atoms. The summed E-state index contributed by atoms with van der Waals surface area (Å²) in [5.41, 5.74) is 5.47. The zero-order chi connectivity index (χ0) is 17.5. The molecule has 0 aliphatic rings. The Balaban J connectivity index is 3.55. The Morgan fingerprint density at radius 1 is 0.913 bits per heavy atom. The highest BCUT2D eigenvalue weighted by Gasteiger charge is 2.19. The highest BCUT2D eigenvalue weighted by atomic mass is 16.6. The lowest BCUT2D eigenvalue weighted by Gasteiger charge is -2.09. The van der Waals surface area contributed by atoms with E-state index in [9.17, 15) is 14.4 Å². The number of hydrogen-bond donors (Lipinski definition) is 2. The molecule has 6 nitrogen and oxygen atoms in total. The van der Waals surface area contributed by atoms with Gasteiger partial charge >= 0.3 is 17.9 Å². The van der Waals surface area contributed by atoms with Gasteiger partial charge in [0.25, 0.3) is 0 Å². The second-order valence-electron chi connectivity index (χ2n) is 5.91. The van der Waals surface area contributed by atoms with Crippen LogP contribution in [0.25, 0.3) is 0 Å². The van der Waals surface area contributed by atoms with Gasteiger partial charge < -0.3 is 15.6 Å². The molecule has 0 rings (SSSR count). The fourth-order valence-corrected chi connectivity index (χ4v) is 2.22. The van der Waals surface area contributed by atoms with E-state index in [-0.39, 0.29) is 19.3 Å². The molecule has 0 saturated heterocycles. The van der Waals surface area contributed by atoms with Crippen LogP contribution in [-0.2, 0) is 19.1 Å². The largest absolute Gasteiger partial charge is 0.481 e. The van der Waals surface area contributed by atoms with Crippen molar-refractivity contribution in [1.29, 1.82) is 0 Å². The molecule has 0 aliphatic carbocycles. The number of carboxylic acid groups (broad SMARTS) is 1. The first-order valence-electron chi connectivity index (χ1n) is 8.69. The number of carboxylic acids is 1. The number of carbonyl (C=O) groups excluding carboxylic acids is 2. The third kappa shape index (κ3) is 13.9. The van der Waals surface area contributed by atoms with Crippen LogP contribution in [0.4, 0.5) is 0 Å². The van der Waals surface area contributed by atoms with Crippen LogP contribution in [0.15, 0.2) is 0 Å². The number of esters is 2. The average molecular weight is 329 g/mol. The van der Waals surface area contributed by atoms with Gasteiger partial charge in [-0.25, -0.2) is 4.79 Å². The third-order valence-corrected chi connectivity index (χ3v) is 3.67. The molecule has 6 heteroatoms. The quantitative estimate of drug-likeness (QED) is 0.288. The Morgan fingerprint density at radius 3 is 1.96 bits per heavy atom. The van der Waals surface area contributed by atoms with Crippen molar-refractivity contribution in [3.8, 4) is 0 Å². The molecular formula is C17H31NO5. The fourth-order valence-electron chi connectivity index (χ4n) is 2.22. The molecule has 0 heterocycles. The second kappa shape index (κ2) is 14.2. The summed E-state index contributed by atoms with van der Waals surface area (Å²) < 4.78 is 4.62. The van der Waals surface area contributed by atoms with Crippen molar-refractivity contribution in [1.82, 2.24) is 0 Å². The van der Waals surface area contributed by atoms with Gasteiger partial charge in [-0.3, -0.25) is 9.59 Å². The fraction of sp³-hybridized carbons (Fsp3) is 0.824. The molecule has 0 aromatic rings. The van der Waals surface area contributed by atoms with Crippen molar-refractivity contribution >= 4 is 17.9 Å². The first-order valence-corrected chi connectivity index (χ1v) is 8.69. The molecule has 0 radical (unpaired) electrons. The van der Waals surface area contributed by atoms with Crippen LogP contribution in [0.1, 0.15) is 84.0 Å². The molecule has 0 unspecified atom stereocenters. The number of unbranched alkanes of at least 4 members (excludes halogenated alkanes) is 8. The molecule has 0 aromatic carbocycles. The zero-order valence-electron chi connectivity index (χ0n) is 14.2. The van der Waals surface area contributed by atoms with Gasteiger partial charge in [0, 0.05) is 12.8 Å². The van der Waals surface area contributed by atoms with Gasteiger partial charge in [-0.1, -0.05) is 58.3 Å². The van der Waals surface area contributed by atoms with Crippen molar-refractivity contribution in [2.75, 3.05) is 0 Å². The van der Waals surface area contributed by atoms with E-state index in [1.54, 1.807) is 0 Å². The summed E-state index contributed by atoms with van der Waals surface area (Å²) in [4.78, 5) is 33.3. The van der Waals surface area contributed by atoms with E-state index in [0.29, 0.717) is 6.42 Å². The molecule has 0 aliphatic heterocycles. The maximum atomic E-state index is 11.5. The standard InChI is InChI=1S/C17H31NO5/c1-2-3-4-5-6-7-8-9-10-11-16(21)23-17(22)14(18)12-13-15(19)20/h14H,2-13,18H2,1H3,(H,19,20)/t14-/m1/s1. The van der Waals surface area contributed by atoms with E-state index in [4.69, 9.17) is 10.8 Å². The summed E-state index contributed by atoms with van der Waals surface area (Å²) in [6.45, 7) is 2.20. The summed E-state index contributed by atoms with van der Waals surface area (Å²) >= 11 is 0. The van der Waals surface area contributed by atoms with Crippen molar-refractivity contribution in [3.63, 3.8) is 0 Å². The van der Waals surface area contributed by atoms with Crippen LogP contribution in [0.5, 0.6) is 0 Å². The van der Waals surface area contributed by atoms with Crippen LogP contribution in [-0.4, -0.2) is 29.1 Å². The predicted molar refractivity (Wildman–Crippen MR) is 87.8 cm³/mol. The number of ether oxygens (including phenoxy) is 1. The maximum Gasteiger partial charge on any atom is 0.330 e. The Bertz CT molecular complexity index is 357. The Kier molecular flexibility index (Phi) is 13.3. The third-order valence-electron chi connectivity index (χ3n) is 3.67. The first kappa shape index (κ1) is 21.6. The molecule has 0 fully saturated rings. The maximum absolute atomic E-state index is 11.5. The van der Waals surface area contributed by atoms with Crippen molar-refractivity contribution in [3.05, 3.63) is 0 Å². The van der Waals surface area contributed by atoms with Crippen molar-refractivity contribution in [2.45, 2.75) is 90.0 Å². The monoisotopic (exact) mass is 329 g/mol. The minimum atomic E-state index is -1.06. The Labute approximate surface area is 138 Å². The number of rotatable bonds is 14. The van der Waals surface area contributed by atoms with E-state index in [2.05, 4.69) is 11.7 Å². The number of nitrogens with two attached hydrogens (primary N) is 1. The molecular weight excluding hydrogens is 298 g/mol. The molecule has 1 atom stereocenters. The first-order chi connectivity index (χ1) is 11.0. The predicted octanol–water partition coefficient (Wildman–Crippen LogP) is 3.17. The second-order valence-corrected chi connectivity index (χ2v) is 5.91. The van der Waals surface area contributed by atoms with E-state index in [1.165, 1.54) is 38.5 Å². The number of aliphatic carboxylic acids is 1. The van der Waals surface area contributed by atoms with Gasteiger partial charge in [0.1, 0.15) is 6.04 Å². The molecule has 0 amide bonds. The summed E-state index contributed by atoms with van der Waals surface area (Å²) in [7, 11) is 0. The van der Waals surface area contributed by atoms with Gasteiger partial charge in [-0.2, -0.15) is 0 Å². The van der Waals surface area contributed by atoms with E-state index in [0.717, 1.165) is 12.8 Å². The summed E-state index contributed by atoms with van der Waals surface area (Å²) in [5, 5.41) is 8.50. The topological polar surface area (TPSA) is 107 Å². The van der Waals surface area contributed by atoms with Crippen molar-refractivity contribution in [2.24, 2.45) is 5.73 Å². The zero-order valence-corrected chi connectivity index (χ0v) is 14.2. The van der Waals surface area contributed by atoms with Crippen LogP contribution in [0.2, 0.25) is 0 Å². The lowest BCUT2D eigenvalue weighted by molar-refractivity contribution is -0.160. The van der Waals surface area contributed by atoms with Gasteiger partial charge in [-0.05, 0) is 12.8 Å². The molecule has 0 saturated carbocycles. The van der Waals surface area contributed by atoms with Gasteiger partial charge in [0.2, 0.25) is 0 Å². The Morgan fingerprint density at radius 2 is 1.43 bits per heavy atom. The van der Waals surface area contributed by atoms with Gasteiger partial charge in [-0.15, -0.1) is 0 Å². The van der Waals surface area contributed by atoms with Crippen molar-refractivity contribution < 1.29 is 24.2 Å². The van der Waals surface area contributed by atoms with Crippen LogP contribution >= 0.6 is 0 Å². The van der Waals surface area contributed by atoms with Crippen LogP contribution < -0.4 is 5.73 Å². The van der Waals surface area contributed by atoms with E-state index in [1.807, 2.05) is 0 Å². The minimum absolute atomic E-state index is 0.0283. The highest BCUT2D eigenvalue weighted by molar-refractivity contribution is 5.88. The lowest BCUT2D eigenvalue weighted by atomic mass is 10.1.